The predicted octanol–water partition coefficient (Wildman–Crippen LogP) is 1.81. The minimum Gasteiger partial charge on any atom is -0.282 e. The first-order valence-electron chi connectivity index (χ1n) is 7.09. The molecule has 0 aliphatic rings. The minimum absolute atomic E-state index is 0.118. The van der Waals surface area contributed by atoms with Crippen LogP contribution >= 0.6 is 0 Å². The highest BCUT2D eigenvalue weighted by Gasteiger charge is 2.20. The Morgan fingerprint density at radius 2 is 1.29 bits per heavy atom. The third-order valence-electron chi connectivity index (χ3n) is 4.07. The molecule has 0 aliphatic heterocycles. The first-order chi connectivity index (χ1) is 11.7. The number of nitriles is 2. The van der Waals surface area contributed by atoms with Gasteiger partial charge in [0.2, 0.25) is 0 Å². The normalized spacial score (nSPS) is 10.8. The summed E-state index contributed by atoms with van der Waals surface area (Å²) < 4.78 is 2.62. The zero-order valence-corrected chi connectivity index (χ0v) is 12.2. The summed E-state index contributed by atoms with van der Waals surface area (Å²) >= 11 is 0. The fourth-order valence-electron chi connectivity index (χ4n) is 3.06. The zero-order chi connectivity index (χ0) is 16.8. The molecule has 6 heteroatoms. The number of fused-ring (bicyclic) bond motifs is 4. The summed E-state index contributed by atoms with van der Waals surface area (Å²) in [5, 5.41) is 19.4. The van der Waals surface area contributed by atoms with Gasteiger partial charge >= 0.3 is 0 Å². The second kappa shape index (κ2) is 4.80. The van der Waals surface area contributed by atoms with Gasteiger partial charge in [-0.25, -0.2) is 0 Å². The van der Waals surface area contributed by atoms with Crippen molar-refractivity contribution in [3.63, 3.8) is 0 Å². The molecule has 4 rings (SSSR count). The van der Waals surface area contributed by atoms with Crippen LogP contribution in [0.1, 0.15) is 11.1 Å². The summed E-state index contributed by atoms with van der Waals surface area (Å²) in [5.41, 5.74) is -0.236. The first kappa shape index (κ1) is 13.7. The second-order valence-corrected chi connectivity index (χ2v) is 5.25. The fraction of sp³-hybridized carbons (Fsp3) is 0. The molecule has 0 amide bonds. The van der Waals surface area contributed by atoms with E-state index >= 15 is 0 Å². The molecule has 0 aliphatic carbocycles. The van der Waals surface area contributed by atoms with Gasteiger partial charge in [0.25, 0.3) is 11.1 Å². The molecule has 24 heavy (non-hydrogen) atoms. The van der Waals surface area contributed by atoms with Crippen molar-refractivity contribution >= 4 is 21.8 Å². The Kier molecular flexibility index (Phi) is 2.75. The smallest absolute Gasteiger partial charge is 0.273 e. The fourth-order valence-corrected chi connectivity index (χ4v) is 3.06. The number of aromatic nitrogens is 2. The molecule has 4 heterocycles. The average molecular weight is 312 g/mol. The van der Waals surface area contributed by atoms with Crippen LogP contribution < -0.4 is 11.1 Å². The van der Waals surface area contributed by atoms with E-state index in [1.165, 1.54) is 15.0 Å². The van der Waals surface area contributed by atoms with Crippen LogP contribution in [-0.2, 0) is 0 Å². The first-order valence-corrected chi connectivity index (χ1v) is 7.09. The van der Waals surface area contributed by atoms with Crippen LogP contribution in [0, 0.1) is 22.7 Å². The standard InChI is InChI=1S/C18H8N4O2/c19-9-11-13-5-1-3-7-21(13)18(24)16-14-6-2-4-8-22(14)17(23)12(10-20)15(11)16/h1-8H. The van der Waals surface area contributed by atoms with Crippen molar-refractivity contribution in [3.05, 3.63) is 80.6 Å². The summed E-state index contributed by atoms with van der Waals surface area (Å²) in [6.07, 6.45) is 3.07. The van der Waals surface area contributed by atoms with Crippen molar-refractivity contribution in [1.82, 2.24) is 8.80 Å². The molecule has 4 aromatic heterocycles. The Balaban J connectivity index is 2.57. The SMILES string of the molecule is N#Cc1c(=O)n2ccccc2c2c(=O)n3ccccc3c(C#N)c12. The summed E-state index contributed by atoms with van der Waals surface area (Å²) in [5.74, 6) is 0. The summed E-state index contributed by atoms with van der Waals surface area (Å²) in [4.78, 5) is 25.6. The molecule has 0 saturated heterocycles. The number of pyridine rings is 4. The zero-order valence-electron chi connectivity index (χ0n) is 12.2. The van der Waals surface area contributed by atoms with Crippen molar-refractivity contribution in [2.24, 2.45) is 0 Å². The Morgan fingerprint density at radius 1 is 0.708 bits per heavy atom. The molecule has 0 spiro atoms. The van der Waals surface area contributed by atoms with E-state index in [0.29, 0.717) is 11.0 Å². The maximum absolute atomic E-state index is 13.0. The third-order valence-corrected chi connectivity index (χ3v) is 4.07. The van der Waals surface area contributed by atoms with E-state index in [2.05, 4.69) is 0 Å². The van der Waals surface area contributed by atoms with Crippen molar-refractivity contribution < 1.29 is 0 Å². The third kappa shape index (κ3) is 1.57. The highest BCUT2D eigenvalue weighted by Crippen LogP contribution is 2.24. The molecule has 0 N–H and O–H groups in total. The Bertz CT molecular complexity index is 1360. The number of hydrogen-bond donors (Lipinski definition) is 0. The van der Waals surface area contributed by atoms with E-state index < -0.39 is 5.56 Å². The van der Waals surface area contributed by atoms with Gasteiger partial charge < -0.3 is 0 Å². The lowest BCUT2D eigenvalue weighted by Gasteiger charge is -2.11. The molecule has 6 nitrogen and oxygen atoms in total. The Hall–Kier alpha value is -3.90. The Labute approximate surface area is 134 Å². The number of nitrogens with zero attached hydrogens (tertiary/aromatic N) is 4. The van der Waals surface area contributed by atoms with E-state index in [1.54, 1.807) is 42.6 Å². The average Bonchev–Trinajstić information content (AvgIpc) is 2.62. The van der Waals surface area contributed by atoms with E-state index in [-0.39, 0.29) is 27.5 Å². The van der Waals surface area contributed by atoms with Gasteiger partial charge in [0.05, 0.1) is 22.0 Å². The van der Waals surface area contributed by atoms with Crippen molar-refractivity contribution in [3.8, 4) is 12.1 Å². The molecule has 0 unspecified atom stereocenters. The number of rotatable bonds is 0. The number of hydrogen-bond acceptors (Lipinski definition) is 4. The molecule has 0 bridgehead atoms. The lowest BCUT2D eigenvalue weighted by molar-refractivity contribution is 1.08. The monoisotopic (exact) mass is 312 g/mol. The van der Waals surface area contributed by atoms with Crippen molar-refractivity contribution in [2.45, 2.75) is 0 Å². The van der Waals surface area contributed by atoms with Crippen LogP contribution in [0.15, 0.2) is 58.4 Å². The summed E-state index contributed by atoms with van der Waals surface area (Å²) in [6.45, 7) is 0. The van der Waals surface area contributed by atoms with Gasteiger partial charge in [-0.1, -0.05) is 12.1 Å². The maximum Gasteiger partial charge on any atom is 0.273 e. The van der Waals surface area contributed by atoms with Crippen LogP contribution in [0.25, 0.3) is 21.8 Å². The van der Waals surface area contributed by atoms with E-state index in [9.17, 15) is 20.1 Å². The van der Waals surface area contributed by atoms with Crippen LogP contribution in [0.3, 0.4) is 0 Å². The molecular weight excluding hydrogens is 304 g/mol. The van der Waals surface area contributed by atoms with Gasteiger partial charge in [0.1, 0.15) is 17.7 Å². The van der Waals surface area contributed by atoms with E-state index in [1.807, 2.05) is 12.1 Å². The molecule has 4 aromatic rings. The van der Waals surface area contributed by atoms with E-state index in [0.717, 1.165) is 0 Å². The predicted molar refractivity (Wildman–Crippen MR) is 87.8 cm³/mol. The lowest BCUT2D eigenvalue weighted by Crippen LogP contribution is -2.23. The summed E-state index contributed by atoms with van der Waals surface area (Å²) in [7, 11) is 0. The van der Waals surface area contributed by atoms with Crippen LogP contribution in [0.2, 0.25) is 0 Å². The molecule has 0 aromatic carbocycles. The van der Waals surface area contributed by atoms with Gasteiger partial charge in [-0.3, -0.25) is 18.4 Å². The molecule has 0 saturated carbocycles. The maximum atomic E-state index is 13.0. The molecule has 0 atom stereocenters. The molecule has 112 valence electrons. The second-order valence-electron chi connectivity index (χ2n) is 5.25. The van der Waals surface area contributed by atoms with Crippen LogP contribution in [0.5, 0.6) is 0 Å². The van der Waals surface area contributed by atoms with Gasteiger partial charge in [0.15, 0.2) is 0 Å². The molecular formula is C18H8N4O2. The van der Waals surface area contributed by atoms with Crippen molar-refractivity contribution in [2.75, 3.05) is 0 Å². The summed E-state index contributed by atoms with van der Waals surface area (Å²) in [6, 6.07) is 13.9. The highest BCUT2D eigenvalue weighted by atomic mass is 16.1. The van der Waals surface area contributed by atoms with Crippen LogP contribution in [-0.4, -0.2) is 8.80 Å². The highest BCUT2D eigenvalue weighted by molar-refractivity contribution is 6.04. The van der Waals surface area contributed by atoms with Gasteiger partial charge in [-0.15, -0.1) is 0 Å². The van der Waals surface area contributed by atoms with Crippen molar-refractivity contribution in [1.29, 1.82) is 10.5 Å². The van der Waals surface area contributed by atoms with E-state index in [4.69, 9.17) is 0 Å². The van der Waals surface area contributed by atoms with Gasteiger partial charge in [0, 0.05) is 17.8 Å². The quantitative estimate of drug-likeness (QED) is 0.366. The molecule has 0 radical (unpaired) electrons. The topological polar surface area (TPSA) is 90.5 Å². The largest absolute Gasteiger partial charge is 0.282 e. The molecule has 0 fully saturated rings. The Morgan fingerprint density at radius 3 is 1.92 bits per heavy atom. The minimum atomic E-state index is -0.545. The van der Waals surface area contributed by atoms with Gasteiger partial charge in [-0.05, 0) is 24.3 Å². The lowest BCUT2D eigenvalue weighted by atomic mass is 10.0. The van der Waals surface area contributed by atoms with Crippen LogP contribution in [0.4, 0.5) is 0 Å². The van der Waals surface area contributed by atoms with Gasteiger partial charge in [-0.2, -0.15) is 10.5 Å².